The fourth-order valence-electron chi connectivity index (χ4n) is 3.24. The van der Waals surface area contributed by atoms with Gasteiger partial charge < -0.3 is 10.4 Å². The minimum absolute atomic E-state index is 0.154. The number of hydrogen-bond donors (Lipinski definition) is 3. The summed E-state index contributed by atoms with van der Waals surface area (Å²) in [5.74, 6) is -1.83. The van der Waals surface area contributed by atoms with E-state index in [9.17, 15) is 23.1 Å². The number of benzene rings is 2. The smallest absolute Gasteiger partial charge is 0.334 e. The number of rotatable bonds is 12. The van der Waals surface area contributed by atoms with E-state index in [0.717, 1.165) is 4.88 Å². The quantitative estimate of drug-likeness (QED) is 0.234. The first-order chi connectivity index (χ1) is 16.3. The third-order valence-corrected chi connectivity index (χ3v) is 10.7. The first-order valence-corrected chi connectivity index (χ1v) is 15.2. The van der Waals surface area contributed by atoms with Crippen LogP contribution in [0.5, 0.6) is 0 Å². The van der Waals surface area contributed by atoms with Crippen LogP contribution in [0.3, 0.4) is 0 Å². The van der Waals surface area contributed by atoms with E-state index >= 15 is 0 Å². The summed E-state index contributed by atoms with van der Waals surface area (Å²) in [6.45, 7) is 0.154. The molecule has 7 nitrogen and oxygen atoms in total. The lowest BCUT2D eigenvalue weighted by atomic mass is 9.86. The Morgan fingerprint density at radius 3 is 2.24 bits per heavy atom. The highest BCUT2D eigenvalue weighted by molar-refractivity contribution is 8.73. The summed E-state index contributed by atoms with van der Waals surface area (Å²) in [5.41, 5.74) is -1.17. The Morgan fingerprint density at radius 1 is 1.03 bits per heavy atom. The van der Waals surface area contributed by atoms with Crippen LogP contribution in [-0.4, -0.2) is 36.2 Å². The Balaban J connectivity index is 1.88. The second-order valence-corrected chi connectivity index (χ2v) is 13.4. The van der Waals surface area contributed by atoms with Gasteiger partial charge in [0, 0.05) is 23.4 Å². The molecule has 3 rings (SSSR count). The second kappa shape index (κ2) is 11.9. The van der Waals surface area contributed by atoms with E-state index in [2.05, 4.69) is 10.0 Å². The van der Waals surface area contributed by atoms with Crippen molar-refractivity contribution < 1.29 is 23.1 Å². The minimum atomic E-state index is -3.78. The van der Waals surface area contributed by atoms with Gasteiger partial charge in [-0.15, -0.1) is 23.1 Å². The molecule has 0 saturated heterocycles. The fourth-order valence-corrected chi connectivity index (χ4v) is 8.78. The zero-order valence-corrected chi connectivity index (χ0v) is 21.5. The molecule has 1 aromatic heterocycles. The third-order valence-electron chi connectivity index (χ3n) is 4.97. The molecule has 0 fully saturated rings. The largest absolute Gasteiger partial charge is 0.479 e. The van der Waals surface area contributed by atoms with Crippen LogP contribution in [0.15, 0.2) is 78.2 Å². The van der Waals surface area contributed by atoms with E-state index in [1.165, 1.54) is 23.1 Å². The normalized spacial score (nSPS) is 14.1. The maximum Gasteiger partial charge on any atom is 0.334 e. The summed E-state index contributed by atoms with van der Waals surface area (Å²) in [6.07, 6.45) is 1.56. The fraction of sp³-hybridized carbons (Fsp3) is 0.217. The number of hydrogen-bond acceptors (Lipinski definition) is 7. The zero-order chi connectivity index (χ0) is 24.6. The molecule has 1 amide bonds. The van der Waals surface area contributed by atoms with Crippen molar-refractivity contribution in [3.63, 3.8) is 0 Å². The van der Waals surface area contributed by atoms with Gasteiger partial charge in [-0.3, -0.25) is 4.79 Å². The van der Waals surface area contributed by atoms with Crippen LogP contribution in [0.4, 0.5) is 0 Å². The Bertz CT molecular complexity index is 1190. The molecule has 0 aliphatic carbocycles. The number of nitrogens with one attached hydrogen (secondary N) is 2. The molecule has 0 saturated carbocycles. The van der Waals surface area contributed by atoms with Gasteiger partial charge in [-0.05, 0) is 46.2 Å². The highest BCUT2D eigenvalue weighted by Crippen LogP contribution is 2.38. The van der Waals surface area contributed by atoms with E-state index < -0.39 is 31.1 Å². The van der Waals surface area contributed by atoms with Crippen LogP contribution in [0.1, 0.15) is 27.2 Å². The van der Waals surface area contributed by atoms with E-state index in [0.29, 0.717) is 21.9 Å². The first kappa shape index (κ1) is 26.3. The molecule has 0 spiro atoms. The molecule has 1 heterocycles. The summed E-state index contributed by atoms with van der Waals surface area (Å²) in [5, 5.41) is 14.9. The van der Waals surface area contributed by atoms with Crippen LogP contribution in [-0.2, 0) is 25.9 Å². The van der Waals surface area contributed by atoms with Gasteiger partial charge in [0.25, 0.3) is 15.0 Å². The average Bonchev–Trinajstić information content (AvgIpc) is 3.36. The van der Waals surface area contributed by atoms with Gasteiger partial charge in [0.1, 0.15) is 0 Å². The maximum absolute atomic E-state index is 13.0. The molecule has 0 aliphatic heterocycles. The topological polar surface area (TPSA) is 113 Å². The Kier molecular flexibility index (Phi) is 9.20. The average molecular weight is 537 g/mol. The number of carbonyl (C=O) groups excluding carboxylic acids is 1. The van der Waals surface area contributed by atoms with E-state index in [4.69, 9.17) is 0 Å². The minimum Gasteiger partial charge on any atom is -0.479 e. The van der Waals surface area contributed by atoms with Gasteiger partial charge in [0.05, 0.1) is 4.58 Å². The molecule has 0 bridgehead atoms. The molecule has 34 heavy (non-hydrogen) atoms. The summed E-state index contributed by atoms with van der Waals surface area (Å²) >= 11 is 2.65. The maximum atomic E-state index is 13.0. The molecule has 2 atom stereocenters. The third kappa shape index (κ3) is 6.86. The lowest BCUT2D eigenvalue weighted by Crippen LogP contribution is -2.53. The number of carboxylic acids is 1. The van der Waals surface area contributed by atoms with Crippen LogP contribution in [0, 0.1) is 0 Å². The molecular formula is C23H24N2O5S4. The molecule has 180 valence electrons. The molecule has 3 N–H and O–H groups in total. The Morgan fingerprint density at radius 2 is 1.68 bits per heavy atom. The van der Waals surface area contributed by atoms with Crippen molar-refractivity contribution in [2.75, 3.05) is 6.26 Å². The molecular weight excluding hydrogens is 513 g/mol. The number of thiophene rings is 1. The van der Waals surface area contributed by atoms with Gasteiger partial charge in [-0.2, -0.15) is 0 Å². The molecule has 2 aromatic carbocycles. The molecule has 0 radical (unpaired) electrons. The molecule has 1 unspecified atom stereocenters. The second-order valence-electron chi connectivity index (χ2n) is 7.22. The monoisotopic (exact) mass is 536 g/mol. The van der Waals surface area contributed by atoms with Gasteiger partial charge in [-0.1, -0.05) is 54.6 Å². The van der Waals surface area contributed by atoms with E-state index in [1.54, 1.807) is 66.9 Å². The number of aliphatic carboxylic acids is 1. The van der Waals surface area contributed by atoms with Crippen LogP contribution in [0.2, 0.25) is 0 Å². The Labute approximate surface area is 210 Å². The van der Waals surface area contributed by atoms with Crippen LogP contribution in [0.25, 0.3) is 0 Å². The van der Waals surface area contributed by atoms with Crippen LogP contribution < -0.4 is 10.0 Å². The van der Waals surface area contributed by atoms with Gasteiger partial charge in [-0.25, -0.2) is 17.9 Å². The summed E-state index contributed by atoms with van der Waals surface area (Å²) in [6, 6.07) is 20.3. The molecule has 0 aliphatic rings. The summed E-state index contributed by atoms with van der Waals surface area (Å²) in [4.78, 5) is 26.6. The lowest BCUT2D eigenvalue weighted by Gasteiger charge is -2.33. The highest BCUT2D eigenvalue weighted by Gasteiger charge is 2.45. The van der Waals surface area contributed by atoms with Gasteiger partial charge >= 0.3 is 5.97 Å². The van der Waals surface area contributed by atoms with Crippen molar-refractivity contribution in [3.8, 4) is 0 Å². The van der Waals surface area contributed by atoms with E-state index in [-0.39, 0.29) is 13.0 Å². The van der Waals surface area contributed by atoms with Crippen LogP contribution >= 0.6 is 33.9 Å². The predicted molar refractivity (Wildman–Crippen MR) is 139 cm³/mol. The van der Waals surface area contributed by atoms with Gasteiger partial charge in [0.2, 0.25) is 0 Å². The van der Waals surface area contributed by atoms with Crippen molar-refractivity contribution >= 4 is 54.8 Å². The standard InChI is InChI=1S/C23H24N2O5S4/c1-31-20(33-34(29,30)24-16-19-13-8-14-32-19)15-23(22(27)28,18-11-6-3-7-12-18)25-21(26)17-9-4-2-5-10-17/h2-14,20,24H,15-16H2,1H3,(H,25,26)(H,27,28)/t20?,23-/m1/s1. The van der Waals surface area contributed by atoms with Crippen molar-refractivity contribution in [3.05, 3.63) is 94.2 Å². The summed E-state index contributed by atoms with van der Waals surface area (Å²) < 4.78 is 27.3. The zero-order valence-electron chi connectivity index (χ0n) is 18.2. The summed E-state index contributed by atoms with van der Waals surface area (Å²) in [7, 11) is -3.14. The molecule has 11 heteroatoms. The number of carbonyl (C=O) groups is 2. The highest BCUT2D eigenvalue weighted by atomic mass is 33.1. The van der Waals surface area contributed by atoms with Crippen molar-refractivity contribution in [2.24, 2.45) is 0 Å². The van der Waals surface area contributed by atoms with Gasteiger partial charge in [0.15, 0.2) is 5.54 Å². The predicted octanol–water partition coefficient (Wildman–Crippen LogP) is 4.31. The Hall–Kier alpha value is -2.31. The number of thioether (sulfide) groups is 1. The first-order valence-electron chi connectivity index (χ1n) is 10.2. The number of amides is 1. The van der Waals surface area contributed by atoms with E-state index in [1.807, 2.05) is 17.5 Å². The lowest BCUT2D eigenvalue weighted by molar-refractivity contribution is -0.145. The van der Waals surface area contributed by atoms with Crippen molar-refractivity contribution in [1.82, 2.24) is 10.0 Å². The molecule has 3 aromatic rings. The van der Waals surface area contributed by atoms with Crippen molar-refractivity contribution in [2.45, 2.75) is 23.1 Å². The van der Waals surface area contributed by atoms with Crippen molar-refractivity contribution in [1.29, 1.82) is 0 Å². The SMILES string of the molecule is CSC(C[C@](NC(=O)c1ccccc1)(C(=O)O)c1ccccc1)SS(=O)(=O)NCc1cccs1. The number of carboxylic acid groups (broad SMARTS) is 1.